The third kappa shape index (κ3) is 8.80. The van der Waals surface area contributed by atoms with Crippen molar-refractivity contribution < 1.29 is 46.1 Å². The largest absolute Gasteiger partial charge is 1.00 e. The molecule has 2 aliphatic rings. The number of unbranched alkanes of at least 4 members (excludes halogenated alkanes) is 2. The van der Waals surface area contributed by atoms with Crippen LogP contribution in [0.1, 0.15) is 143 Å². The number of fused-ring (bicyclic) bond motifs is 3. The van der Waals surface area contributed by atoms with Crippen LogP contribution in [0.4, 0.5) is 0 Å². The van der Waals surface area contributed by atoms with Gasteiger partial charge in [-0.25, -0.2) is 0 Å². The van der Waals surface area contributed by atoms with E-state index in [-0.39, 0.29) is 35.6 Å². The first-order valence-corrected chi connectivity index (χ1v) is 23.1. The predicted molar refractivity (Wildman–Crippen MR) is 216 cm³/mol. The Bertz CT molecular complexity index is 1920. The van der Waals surface area contributed by atoms with E-state index in [0.29, 0.717) is 0 Å². The fourth-order valence-corrected chi connectivity index (χ4v) is 16.9. The molecule has 0 heterocycles. The van der Waals surface area contributed by atoms with Crippen molar-refractivity contribution in [1.82, 2.24) is 0 Å². The van der Waals surface area contributed by atoms with Crippen molar-refractivity contribution in [3.05, 3.63) is 144 Å². The molecule has 0 aliphatic heterocycles. The minimum Gasteiger partial charge on any atom is -1.00 e. The van der Waals surface area contributed by atoms with Crippen molar-refractivity contribution in [2.24, 2.45) is 0 Å². The van der Waals surface area contributed by atoms with Crippen LogP contribution >= 0.6 is 0 Å². The van der Waals surface area contributed by atoms with Gasteiger partial charge in [0.25, 0.3) is 0 Å². The molecule has 0 saturated carbocycles. The van der Waals surface area contributed by atoms with Crippen molar-refractivity contribution in [3.63, 3.8) is 0 Å². The van der Waals surface area contributed by atoms with Crippen LogP contribution in [0.25, 0.3) is 11.1 Å². The van der Waals surface area contributed by atoms with Crippen LogP contribution in [0.3, 0.4) is 0 Å². The van der Waals surface area contributed by atoms with Crippen LogP contribution in [-0.2, 0) is 51.4 Å². The number of rotatable bonds is 10. The second-order valence-corrected chi connectivity index (χ2v) is 23.0. The first-order chi connectivity index (χ1) is 23.8. The maximum atomic E-state index is 2.61. The summed E-state index contributed by atoms with van der Waals surface area (Å²) in [6.07, 6.45) is 16.7. The SMILES string of the molecule is CCCCc1ccc([C](c2ccc(CCCC)cc2)=[Zr+2]([C]2=CC=CC2)[c]2c(C)c(C(C)(C)C)cc3c2Cc2cc(C)c(C(C)(C)C)cc2-3)cc1.[Cl-].[Cl-]. The second-order valence-electron chi connectivity index (χ2n) is 17.1. The van der Waals surface area contributed by atoms with Crippen LogP contribution in [0, 0.1) is 13.8 Å². The first kappa shape index (κ1) is 42.4. The molecule has 0 atom stereocenters. The summed E-state index contributed by atoms with van der Waals surface area (Å²) in [6.45, 7) is 23.8. The molecule has 0 aromatic heterocycles. The molecule has 0 radical (unpaired) electrons. The second kappa shape index (κ2) is 17.4. The van der Waals surface area contributed by atoms with Gasteiger partial charge < -0.3 is 24.8 Å². The molecule has 0 nitrogen and oxygen atoms in total. The summed E-state index contributed by atoms with van der Waals surface area (Å²) in [5, 5.41) is 0. The predicted octanol–water partition coefficient (Wildman–Crippen LogP) is 6.52. The van der Waals surface area contributed by atoms with Crippen LogP contribution in [-0.4, -0.2) is 3.21 Å². The number of benzene rings is 4. The van der Waals surface area contributed by atoms with E-state index in [9.17, 15) is 0 Å². The van der Waals surface area contributed by atoms with Gasteiger partial charge in [-0.1, -0.05) is 0 Å². The fourth-order valence-electron chi connectivity index (χ4n) is 8.51. The summed E-state index contributed by atoms with van der Waals surface area (Å²) in [5.74, 6) is 0. The summed E-state index contributed by atoms with van der Waals surface area (Å²) in [4.78, 5) is 0. The van der Waals surface area contributed by atoms with Gasteiger partial charge in [0.2, 0.25) is 0 Å². The molecule has 2 aliphatic carbocycles. The molecule has 0 fully saturated rings. The monoisotopic (exact) mass is 808 g/mol. The Morgan fingerprint density at radius 3 is 1.65 bits per heavy atom. The number of aryl methyl sites for hydroxylation is 3. The summed E-state index contributed by atoms with van der Waals surface area (Å²) < 4.78 is 5.08. The van der Waals surface area contributed by atoms with Crippen molar-refractivity contribution in [1.29, 1.82) is 0 Å². The number of allylic oxidation sites excluding steroid dienone is 4. The average Bonchev–Trinajstić information content (AvgIpc) is 3.73. The zero-order valence-corrected chi connectivity index (χ0v) is 37.5. The molecular weight excluding hydrogens is 751 g/mol. The number of halogens is 2. The van der Waals surface area contributed by atoms with Crippen LogP contribution in [0.5, 0.6) is 0 Å². The van der Waals surface area contributed by atoms with Crippen LogP contribution in [0.2, 0.25) is 0 Å². The minimum atomic E-state index is -2.82. The van der Waals surface area contributed by atoms with Gasteiger partial charge in [-0.15, -0.1) is 0 Å². The number of hydrogen-bond donors (Lipinski definition) is 0. The van der Waals surface area contributed by atoms with Gasteiger partial charge in [0.1, 0.15) is 0 Å². The molecule has 0 amide bonds. The quantitative estimate of drug-likeness (QED) is 0.151. The zero-order chi connectivity index (χ0) is 35.8. The van der Waals surface area contributed by atoms with E-state index in [1.54, 1.807) is 20.9 Å². The van der Waals surface area contributed by atoms with Crippen LogP contribution < -0.4 is 28.1 Å². The van der Waals surface area contributed by atoms with Gasteiger partial charge in [0.05, 0.1) is 0 Å². The van der Waals surface area contributed by atoms with Gasteiger partial charge >= 0.3 is 314 Å². The van der Waals surface area contributed by atoms with Crippen LogP contribution in [0.15, 0.2) is 88.2 Å². The maximum Gasteiger partial charge on any atom is -1.00 e. The molecule has 6 rings (SSSR count). The van der Waals surface area contributed by atoms with E-state index in [0.717, 1.165) is 25.7 Å². The third-order valence-corrected chi connectivity index (χ3v) is 19.2. The molecule has 3 heteroatoms. The summed E-state index contributed by atoms with van der Waals surface area (Å²) in [6, 6.07) is 27.3. The fraction of sp³-hybridized carbons (Fsp3) is 0.408. The minimum absolute atomic E-state index is 0. The standard InChI is InChI=1S/C23H29.C21H26.C5H5.2ClH.Zr/c1-14-9-16-11-17-10-15(2)21(23(6,7)8)13-19(17)18(16)12-20(14)22(3,4)5;1-3-5-7-18-9-13-20(14-10-18)17-21-15-11-19(12-16-21)8-6-4-2;1-2-4-5-3-1;;;/h9,12-13H,11H2,1-8H3;9-16H,3-8H2,1-2H3;1-3H,4H2;2*1H;/q;;;;;+2/p-2. The number of hydrogen-bond acceptors (Lipinski definition) is 0. The Kier molecular flexibility index (Phi) is 14.2. The molecule has 0 spiro atoms. The van der Waals surface area contributed by atoms with E-state index >= 15 is 0 Å². The smallest absolute Gasteiger partial charge is 1.00 e. The van der Waals surface area contributed by atoms with Gasteiger partial charge in [-0.2, -0.15) is 0 Å². The molecule has 4 aromatic carbocycles. The van der Waals surface area contributed by atoms with E-state index in [1.165, 1.54) is 81.3 Å². The molecule has 52 heavy (non-hydrogen) atoms. The van der Waals surface area contributed by atoms with Crippen molar-refractivity contribution in [3.8, 4) is 11.1 Å². The molecule has 4 aromatic rings. The molecule has 0 N–H and O–H groups in total. The molecule has 0 bridgehead atoms. The zero-order valence-electron chi connectivity index (χ0n) is 33.5. The Hall–Kier alpha value is -2.31. The summed E-state index contributed by atoms with van der Waals surface area (Å²) in [5.41, 5.74) is 18.0. The topological polar surface area (TPSA) is 0 Å². The van der Waals surface area contributed by atoms with Gasteiger partial charge in [-0.3, -0.25) is 0 Å². The van der Waals surface area contributed by atoms with E-state index < -0.39 is 21.3 Å². The Balaban J connectivity index is 0.00000302. The molecule has 0 unspecified atom stereocenters. The van der Waals surface area contributed by atoms with Gasteiger partial charge in [0, 0.05) is 0 Å². The first-order valence-electron chi connectivity index (χ1n) is 19.4. The normalized spacial score (nSPS) is 13.1. The molecule has 0 saturated heterocycles. The average molecular weight is 811 g/mol. The van der Waals surface area contributed by atoms with E-state index in [1.807, 2.05) is 0 Å². The van der Waals surface area contributed by atoms with E-state index in [2.05, 4.69) is 154 Å². The summed E-state index contributed by atoms with van der Waals surface area (Å²) >= 11 is -2.82. The van der Waals surface area contributed by atoms with Crippen molar-refractivity contribution in [2.75, 3.05) is 0 Å². The summed E-state index contributed by atoms with van der Waals surface area (Å²) in [7, 11) is 0. The van der Waals surface area contributed by atoms with Crippen molar-refractivity contribution in [2.45, 2.75) is 131 Å². The van der Waals surface area contributed by atoms with Gasteiger partial charge in [-0.05, 0) is 0 Å². The van der Waals surface area contributed by atoms with Crippen molar-refractivity contribution >= 4 is 6.48 Å². The maximum absolute atomic E-state index is 2.82. The Morgan fingerprint density at radius 1 is 0.673 bits per heavy atom. The Labute approximate surface area is 336 Å². The third-order valence-electron chi connectivity index (χ3n) is 11.1. The van der Waals surface area contributed by atoms with Gasteiger partial charge in [0.15, 0.2) is 0 Å². The van der Waals surface area contributed by atoms with E-state index in [4.69, 9.17) is 0 Å². The molecule has 274 valence electrons. The Morgan fingerprint density at radius 2 is 1.19 bits per heavy atom. The molecular formula is C49H60Cl2Zr.